The maximum absolute atomic E-state index is 12.1. The Hall–Kier alpha value is -0.170. The Kier molecular flexibility index (Phi) is 4.73. The SMILES string of the molecule is CCN(CC)S(=O)(=O)N1CCC(C)C(O)C1. The third kappa shape index (κ3) is 2.74. The van der Waals surface area contributed by atoms with E-state index in [0.29, 0.717) is 19.6 Å². The molecule has 0 aliphatic carbocycles. The highest BCUT2D eigenvalue weighted by molar-refractivity contribution is 7.86. The summed E-state index contributed by atoms with van der Waals surface area (Å²) in [5, 5.41) is 9.71. The summed E-state index contributed by atoms with van der Waals surface area (Å²) in [6, 6.07) is 0. The number of aliphatic hydroxyl groups is 1. The fraction of sp³-hybridized carbons (Fsp3) is 1.00. The Labute approximate surface area is 98.2 Å². The molecule has 1 saturated heterocycles. The van der Waals surface area contributed by atoms with Gasteiger partial charge in [-0.25, -0.2) is 0 Å². The van der Waals surface area contributed by atoms with E-state index in [2.05, 4.69) is 0 Å². The van der Waals surface area contributed by atoms with Crippen LogP contribution in [0.1, 0.15) is 27.2 Å². The van der Waals surface area contributed by atoms with Gasteiger partial charge in [0.2, 0.25) is 0 Å². The van der Waals surface area contributed by atoms with Crippen LogP contribution < -0.4 is 0 Å². The Morgan fingerprint density at radius 3 is 2.38 bits per heavy atom. The quantitative estimate of drug-likeness (QED) is 0.779. The molecule has 0 amide bonds. The molecule has 6 heteroatoms. The third-order valence-electron chi connectivity index (χ3n) is 3.24. The van der Waals surface area contributed by atoms with E-state index in [1.807, 2.05) is 20.8 Å². The minimum absolute atomic E-state index is 0.183. The van der Waals surface area contributed by atoms with Crippen LogP contribution in [0.5, 0.6) is 0 Å². The molecule has 0 aromatic heterocycles. The molecule has 1 fully saturated rings. The van der Waals surface area contributed by atoms with Crippen LogP contribution in [0.15, 0.2) is 0 Å². The molecule has 5 nitrogen and oxygen atoms in total. The standard InChI is InChI=1S/C10H22N2O3S/c1-4-11(5-2)16(14,15)12-7-6-9(3)10(13)8-12/h9-10,13H,4-8H2,1-3H3. The molecule has 2 atom stereocenters. The van der Waals surface area contributed by atoms with Gasteiger partial charge in [0.05, 0.1) is 6.10 Å². The average molecular weight is 250 g/mol. The molecule has 1 heterocycles. The van der Waals surface area contributed by atoms with Gasteiger partial charge in [0, 0.05) is 26.2 Å². The van der Waals surface area contributed by atoms with E-state index in [1.54, 1.807) is 0 Å². The zero-order valence-corrected chi connectivity index (χ0v) is 11.1. The summed E-state index contributed by atoms with van der Waals surface area (Å²) in [6.45, 7) is 7.28. The lowest BCUT2D eigenvalue weighted by Crippen LogP contribution is -2.51. The lowest BCUT2D eigenvalue weighted by Gasteiger charge is -2.36. The molecule has 0 bridgehead atoms. The van der Waals surface area contributed by atoms with Gasteiger partial charge in [-0.3, -0.25) is 0 Å². The molecule has 16 heavy (non-hydrogen) atoms. The van der Waals surface area contributed by atoms with Gasteiger partial charge in [0.1, 0.15) is 0 Å². The Morgan fingerprint density at radius 1 is 1.38 bits per heavy atom. The topological polar surface area (TPSA) is 60.9 Å². The van der Waals surface area contributed by atoms with E-state index in [9.17, 15) is 13.5 Å². The van der Waals surface area contributed by atoms with Crippen molar-refractivity contribution in [3.8, 4) is 0 Å². The normalized spacial score (nSPS) is 28.6. The highest BCUT2D eigenvalue weighted by Gasteiger charge is 2.34. The van der Waals surface area contributed by atoms with Crippen LogP contribution in [0, 0.1) is 5.92 Å². The van der Waals surface area contributed by atoms with Crippen LogP contribution in [-0.4, -0.2) is 54.4 Å². The van der Waals surface area contributed by atoms with Crippen LogP contribution in [0.2, 0.25) is 0 Å². The van der Waals surface area contributed by atoms with E-state index in [1.165, 1.54) is 8.61 Å². The summed E-state index contributed by atoms with van der Waals surface area (Å²) in [5.74, 6) is 0.183. The molecule has 0 aromatic rings. The van der Waals surface area contributed by atoms with E-state index in [4.69, 9.17) is 0 Å². The number of hydrogen-bond acceptors (Lipinski definition) is 3. The van der Waals surface area contributed by atoms with E-state index in [0.717, 1.165) is 6.42 Å². The second kappa shape index (κ2) is 5.44. The lowest BCUT2D eigenvalue weighted by molar-refractivity contribution is 0.0582. The Morgan fingerprint density at radius 2 is 1.94 bits per heavy atom. The molecule has 2 unspecified atom stereocenters. The van der Waals surface area contributed by atoms with Crippen molar-refractivity contribution < 1.29 is 13.5 Å². The molecule has 0 saturated carbocycles. The first-order valence-electron chi connectivity index (χ1n) is 5.86. The summed E-state index contributed by atoms with van der Waals surface area (Å²) < 4.78 is 27.1. The average Bonchev–Trinajstić information content (AvgIpc) is 2.23. The van der Waals surface area contributed by atoms with Crippen molar-refractivity contribution in [1.29, 1.82) is 0 Å². The summed E-state index contributed by atoms with van der Waals surface area (Å²) in [5.41, 5.74) is 0. The predicted octanol–water partition coefficient (Wildman–Crippen LogP) is 0.276. The largest absolute Gasteiger partial charge is 0.391 e. The minimum Gasteiger partial charge on any atom is -0.391 e. The summed E-state index contributed by atoms with van der Waals surface area (Å²) in [4.78, 5) is 0. The van der Waals surface area contributed by atoms with Gasteiger partial charge in [-0.1, -0.05) is 20.8 Å². The molecule has 1 N–H and O–H groups in total. The van der Waals surface area contributed by atoms with Crippen molar-refractivity contribution >= 4 is 10.2 Å². The van der Waals surface area contributed by atoms with E-state index >= 15 is 0 Å². The van der Waals surface area contributed by atoms with E-state index in [-0.39, 0.29) is 12.5 Å². The molecule has 0 aromatic carbocycles. The molecule has 96 valence electrons. The van der Waals surface area contributed by atoms with Crippen LogP contribution in [-0.2, 0) is 10.2 Å². The number of aliphatic hydroxyl groups excluding tert-OH is 1. The highest BCUT2D eigenvalue weighted by Crippen LogP contribution is 2.21. The lowest BCUT2D eigenvalue weighted by atomic mass is 9.98. The molecular weight excluding hydrogens is 228 g/mol. The molecule has 1 rings (SSSR count). The first-order chi connectivity index (χ1) is 7.43. The van der Waals surface area contributed by atoms with Crippen molar-refractivity contribution in [3.63, 3.8) is 0 Å². The molecule has 1 aliphatic rings. The number of hydrogen-bond donors (Lipinski definition) is 1. The predicted molar refractivity (Wildman–Crippen MR) is 63.2 cm³/mol. The zero-order valence-electron chi connectivity index (χ0n) is 10.3. The minimum atomic E-state index is -3.37. The molecule has 0 radical (unpaired) electrons. The molecule has 1 aliphatic heterocycles. The van der Waals surface area contributed by atoms with Crippen molar-refractivity contribution in [2.75, 3.05) is 26.2 Å². The van der Waals surface area contributed by atoms with Gasteiger partial charge in [-0.05, 0) is 12.3 Å². The fourth-order valence-electron chi connectivity index (χ4n) is 1.94. The number of β-amino-alcohol motifs (C(OH)–C–C–N with tert-alkyl or cyclic N) is 1. The van der Waals surface area contributed by atoms with Gasteiger partial charge in [0.15, 0.2) is 0 Å². The summed E-state index contributed by atoms with van der Waals surface area (Å²) >= 11 is 0. The fourth-order valence-corrected chi connectivity index (χ4v) is 3.60. The van der Waals surface area contributed by atoms with Gasteiger partial charge in [-0.2, -0.15) is 17.0 Å². The Bertz CT molecular complexity index is 314. The van der Waals surface area contributed by atoms with Gasteiger partial charge >= 0.3 is 0 Å². The van der Waals surface area contributed by atoms with Gasteiger partial charge in [0.25, 0.3) is 10.2 Å². The van der Waals surface area contributed by atoms with Crippen molar-refractivity contribution in [3.05, 3.63) is 0 Å². The first-order valence-corrected chi connectivity index (χ1v) is 7.26. The number of piperidine rings is 1. The first kappa shape index (κ1) is 13.9. The number of nitrogens with zero attached hydrogens (tertiary/aromatic N) is 2. The van der Waals surface area contributed by atoms with E-state index < -0.39 is 16.3 Å². The van der Waals surface area contributed by atoms with Crippen LogP contribution in [0.25, 0.3) is 0 Å². The zero-order chi connectivity index (χ0) is 12.3. The monoisotopic (exact) mass is 250 g/mol. The van der Waals surface area contributed by atoms with Crippen molar-refractivity contribution in [2.24, 2.45) is 5.92 Å². The second-order valence-corrected chi connectivity index (χ2v) is 6.21. The van der Waals surface area contributed by atoms with Crippen molar-refractivity contribution in [2.45, 2.75) is 33.3 Å². The van der Waals surface area contributed by atoms with Crippen LogP contribution in [0.3, 0.4) is 0 Å². The molecular formula is C10H22N2O3S. The van der Waals surface area contributed by atoms with Crippen LogP contribution >= 0.6 is 0 Å². The smallest absolute Gasteiger partial charge is 0.282 e. The van der Waals surface area contributed by atoms with Gasteiger partial charge < -0.3 is 5.11 Å². The number of rotatable bonds is 4. The second-order valence-electron chi connectivity index (χ2n) is 4.28. The van der Waals surface area contributed by atoms with Gasteiger partial charge in [-0.15, -0.1) is 0 Å². The highest BCUT2D eigenvalue weighted by atomic mass is 32.2. The third-order valence-corrected chi connectivity index (χ3v) is 5.39. The maximum Gasteiger partial charge on any atom is 0.282 e. The molecule has 0 spiro atoms. The summed E-state index contributed by atoms with van der Waals surface area (Å²) in [7, 11) is -3.37. The Balaban J connectivity index is 2.77. The maximum atomic E-state index is 12.1. The van der Waals surface area contributed by atoms with Crippen LogP contribution in [0.4, 0.5) is 0 Å². The summed E-state index contributed by atoms with van der Waals surface area (Å²) in [6.07, 6.45) is 0.181. The van der Waals surface area contributed by atoms with Crippen molar-refractivity contribution in [1.82, 2.24) is 8.61 Å².